The number of nitrogens with zero attached hydrogens (tertiary/aromatic N) is 1. The SMILES string of the molecule is CCNC(=NCC(CO)c1ccccc1)NCCc1c[nH]c2cc(C)ccc12. The number of H-pyrrole nitrogens is 1. The minimum atomic E-state index is 0.00788. The number of rotatable bonds is 8. The normalized spacial score (nSPS) is 12.9. The number of aryl methyl sites for hydroxylation is 1. The third-order valence-corrected chi connectivity index (χ3v) is 4.92. The summed E-state index contributed by atoms with van der Waals surface area (Å²) in [6.45, 7) is 6.38. The Balaban J connectivity index is 1.59. The molecule has 0 saturated heterocycles. The van der Waals surface area contributed by atoms with Gasteiger partial charge in [-0.25, -0.2) is 0 Å². The zero-order valence-electron chi connectivity index (χ0n) is 16.7. The largest absolute Gasteiger partial charge is 0.396 e. The Morgan fingerprint density at radius 1 is 1.14 bits per heavy atom. The molecule has 4 N–H and O–H groups in total. The Kier molecular flexibility index (Phi) is 7.09. The molecule has 28 heavy (non-hydrogen) atoms. The highest BCUT2D eigenvalue weighted by atomic mass is 16.3. The second kappa shape index (κ2) is 9.95. The van der Waals surface area contributed by atoms with Crippen molar-refractivity contribution >= 4 is 16.9 Å². The first kappa shape index (κ1) is 20.0. The Morgan fingerprint density at radius 3 is 2.71 bits per heavy atom. The molecule has 0 fully saturated rings. The summed E-state index contributed by atoms with van der Waals surface area (Å²) in [6.07, 6.45) is 3.00. The van der Waals surface area contributed by atoms with Gasteiger partial charge in [0.1, 0.15) is 0 Å². The number of nitrogens with one attached hydrogen (secondary N) is 3. The first-order valence-electron chi connectivity index (χ1n) is 9.96. The van der Waals surface area contributed by atoms with Crippen LogP contribution < -0.4 is 10.6 Å². The van der Waals surface area contributed by atoms with Gasteiger partial charge in [0.25, 0.3) is 0 Å². The number of aliphatic imine (C=N–C) groups is 1. The molecule has 0 aliphatic carbocycles. The molecule has 0 radical (unpaired) electrons. The number of benzene rings is 2. The fourth-order valence-electron chi connectivity index (χ4n) is 3.36. The minimum absolute atomic E-state index is 0.00788. The second-order valence-corrected chi connectivity index (χ2v) is 7.05. The molecule has 1 atom stereocenters. The van der Waals surface area contributed by atoms with Crippen molar-refractivity contribution in [3.05, 3.63) is 71.4 Å². The van der Waals surface area contributed by atoms with Crippen LogP contribution in [0.1, 0.15) is 29.5 Å². The smallest absolute Gasteiger partial charge is 0.191 e. The van der Waals surface area contributed by atoms with Crippen LogP contribution >= 0.6 is 0 Å². The standard InChI is InChI=1S/C23H30N4O/c1-3-24-23(27-15-20(16-28)18-7-5-4-6-8-18)25-12-11-19-14-26-22-13-17(2)9-10-21(19)22/h4-10,13-14,20,26,28H,3,11-12,15-16H2,1-2H3,(H2,24,25,27). The van der Waals surface area contributed by atoms with E-state index in [9.17, 15) is 5.11 Å². The average Bonchev–Trinajstić information content (AvgIpc) is 3.11. The van der Waals surface area contributed by atoms with Gasteiger partial charge in [-0.3, -0.25) is 4.99 Å². The van der Waals surface area contributed by atoms with Gasteiger partial charge in [-0.2, -0.15) is 0 Å². The highest BCUT2D eigenvalue weighted by molar-refractivity contribution is 5.84. The van der Waals surface area contributed by atoms with E-state index in [-0.39, 0.29) is 12.5 Å². The maximum Gasteiger partial charge on any atom is 0.191 e. The van der Waals surface area contributed by atoms with Crippen molar-refractivity contribution in [3.8, 4) is 0 Å². The first-order chi connectivity index (χ1) is 13.7. The van der Waals surface area contributed by atoms with Gasteiger partial charge >= 0.3 is 0 Å². The monoisotopic (exact) mass is 378 g/mol. The van der Waals surface area contributed by atoms with Crippen LogP contribution in [0.25, 0.3) is 10.9 Å². The maximum atomic E-state index is 9.73. The van der Waals surface area contributed by atoms with Gasteiger partial charge in [0.05, 0.1) is 13.2 Å². The van der Waals surface area contributed by atoms with Gasteiger partial charge in [0.15, 0.2) is 5.96 Å². The van der Waals surface area contributed by atoms with E-state index >= 15 is 0 Å². The summed E-state index contributed by atoms with van der Waals surface area (Å²) in [5.41, 5.74) is 4.86. The minimum Gasteiger partial charge on any atom is -0.396 e. The molecule has 0 saturated carbocycles. The lowest BCUT2D eigenvalue weighted by atomic mass is 10.0. The number of hydrogen-bond donors (Lipinski definition) is 4. The van der Waals surface area contributed by atoms with Crippen LogP contribution in [-0.2, 0) is 6.42 Å². The van der Waals surface area contributed by atoms with Crippen molar-refractivity contribution in [3.63, 3.8) is 0 Å². The van der Waals surface area contributed by atoms with Gasteiger partial charge in [-0.05, 0) is 43.0 Å². The Bertz CT molecular complexity index is 901. The van der Waals surface area contributed by atoms with Gasteiger partial charge in [-0.15, -0.1) is 0 Å². The molecule has 0 aliphatic heterocycles. The number of fused-ring (bicyclic) bond motifs is 1. The number of aromatic amines is 1. The van der Waals surface area contributed by atoms with Crippen molar-refractivity contribution in [2.24, 2.45) is 4.99 Å². The van der Waals surface area contributed by atoms with E-state index in [0.29, 0.717) is 6.54 Å². The van der Waals surface area contributed by atoms with Crippen LogP contribution in [0.3, 0.4) is 0 Å². The summed E-state index contributed by atoms with van der Waals surface area (Å²) in [7, 11) is 0. The van der Waals surface area contributed by atoms with Crippen molar-refractivity contribution in [1.29, 1.82) is 0 Å². The maximum absolute atomic E-state index is 9.73. The molecule has 1 unspecified atom stereocenters. The molecule has 5 heteroatoms. The van der Waals surface area contributed by atoms with Crippen molar-refractivity contribution in [2.45, 2.75) is 26.2 Å². The number of aliphatic hydroxyl groups is 1. The van der Waals surface area contributed by atoms with Crippen LogP contribution in [0.5, 0.6) is 0 Å². The zero-order valence-corrected chi connectivity index (χ0v) is 16.7. The average molecular weight is 379 g/mol. The lowest BCUT2D eigenvalue weighted by Crippen LogP contribution is -2.38. The highest BCUT2D eigenvalue weighted by Crippen LogP contribution is 2.19. The van der Waals surface area contributed by atoms with E-state index in [1.807, 2.05) is 30.3 Å². The number of guanidine groups is 1. The zero-order chi connectivity index (χ0) is 19.8. The predicted molar refractivity (Wildman–Crippen MR) is 117 cm³/mol. The molecular weight excluding hydrogens is 348 g/mol. The molecule has 2 aromatic carbocycles. The van der Waals surface area contributed by atoms with Crippen molar-refractivity contribution in [1.82, 2.24) is 15.6 Å². The molecule has 3 rings (SSSR count). The van der Waals surface area contributed by atoms with Crippen LogP contribution in [0.4, 0.5) is 0 Å². The lowest BCUT2D eigenvalue weighted by Gasteiger charge is -2.15. The van der Waals surface area contributed by atoms with E-state index in [0.717, 1.165) is 31.0 Å². The van der Waals surface area contributed by atoms with Gasteiger partial charge in [-0.1, -0.05) is 42.5 Å². The molecule has 148 valence electrons. The van der Waals surface area contributed by atoms with Crippen molar-refractivity contribution < 1.29 is 5.11 Å². The lowest BCUT2D eigenvalue weighted by molar-refractivity contribution is 0.268. The molecule has 3 aromatic rings. The molecule has 0 amide bonds. The third-order valence-electron chi connectivity index (χ3n) is 4.92. The number of hydrogen-bond acceptors (Lipinski definition) is 2. The Morgan fingerprint density at radius 2 is 1.96 bits per heavy atom. The van der Waals surface area contributed by atoms with E-state index in [1.54, 1.807) is 0 Å². The summed E-state index contributed by atoms with van der Waals surface area (Å²) in [5, 5.41) is 17.7. The molecule has 0 aliphatic rings. The summed E-state index contributed by atoms with van der Waals surface area (Å²) >= 11 is 0. The molecular formula is C23H30N4O. The van der Waals surface area contributed by atoms with E-state index in [4.69, 9.17) is 0 Å². The number of aromatic nitrogens is 1. The van der Waals surface area contributed by atoms with E-state index < -0.39 is 0 Å². The highest BCUT2D eigenvalue weighted by Gasteiger charge is 2.10. The second-order valence-electron chi connectivity index (χ2n) is 7.05. The fraction of sp³-hybridized carbons (Fsp3) is 0.348. The van der Waals surface area contributed by atoms with Crippen LogP contribution in [0, 0.1) is 6.92 Å². The van der Waals surface area contributed by atoms with Crippen LogP contribution in [0.15, 0.2) is 59.7 Å². The van der Waals surface area contributed by atoms with Gasteiger partial charge < -0.3 is 20.7 Å². The molecule has 0 bridgehead atoms. The van der Waals surface area contributed by atoms with E-state index in [2.05, 4.69) is 58.9 Å². The molecule has 1 aromatic heterocycles. The third kappa shape index (κ3) is 5.14. The quantitative estimate of drug-likeness (QED) is 0.359. The Labute approximate surface area is 166 Å². The molecule has 5 nitrogen and oxygen atoms in total. The molecule has 0 spiro atoms. The van der Waals surface area contributed by atoms with Crippen LogP contribution in [0.2, 0.25) is 0 Å². The molecule has 1 heterocycles. The summed E-state index contributed by atoms with van der Waals surface area (Å²) in [5.74, 6) is 0.793. The topological polar surface area (TPSA) is 72.4 Å². The predicted octanol–water partition coefficient (Wildman–Crippen LogP) is 3.35. The van der Waals surface area contributed by atoms with Gasteiger partial charge in [0, 0.05) is 36.1 Å². The van der Waals surface area contributed by atoms with E-state index in [1.165, 1.54) is 22.0 Å². The summed E-state index contributed by atoms with van der Waals surface area (Å²) in [6, 6.07) is 16.6. The first-order valence-corrected chi connectivity index (χ1v) is 9.96. The van der Waals surface area contributed by atoms with Crippen molar-refractivity contribution in [2.75, 3.05) is 26.2 Å². The summed E-state index contributed by atoms with van der Waals surface area (Å²) < 4.78 is 0. The van der Waals surface area contributed by atoms with Crippen LogP contribution in [-0.4, -0.2) is 42.3 Å². The van der Waals surface area contributed by atoms with Gasteiger partial charge in [0.2, 0.25) is 0 Å². The number of aliphatic hydroxyl groups excluding tert-OH is 1. The Hall–Kier alpha value is -2.79. The fourth-order valence-corrected chi connectivity index (χ4v) is 3.36. The summed E-state index contributed by atoms with van der Waals surface area (Å²) in [4.78, 5) is 8.04.